The molecule has 8 rings (SSSR count). The van der Waals surface area contributed by atoms with Crippen LogP contribution in [0.25, 0.3) is 0 Å². The third kappa shape index (κ3) is 10.6. The summed E-state index contributed by atoms with van der Waals surface area (Å²) in [5.41, 5.74) is 1.52. The maximum absolute atomic E-state index is 14.4. The van der Waals surface area contributed by atoms with Gasteiger partial charge in [-0.05, 0) is 134 Å². The van der Waals surface area contributed by atoms with Gasteiger partial charge in [0.05, 0.1) is 36.0 Å². The van der Waals surface area contributed by atoms with Crippen molar-refractivity contribution in [2.45, 2.75) is 43.0 Å². The lowest BCUT2D eigenvalue weighted by molar-refractivity contribution is -0.326. The zero-order valence-corrected chi connectivity index (χ0v) is 42.3. The van der Waals surface area contributed by atoms with Crippen molar-refractivity contribution in [3.05, 3.63) is 202 Å². The first-order valence-electron chi connectivity index (χ1n) is 20.2. The molecule has 2 heterocycles. The summed E-state index contributed by atoms with van der Waals surface area (Å²) in [6.07, 6.45) is -4.62. The number of carbonyl (C=O) groups excluding carboxylic acids is 4. The molecule has 0 spiro atoms. The zero-order valence-electron chi connectivity index (χ0n) is 35.0. The van der Waals surface area contributed by atoms with Crippen LogP contribution in [0.1, 0.15) is 63.7 Å². The average molecular weight is 1170 g/mol. The molecule has 5 atom stereocenters. The Kier molecular flexibility index (Phi) is 15.6. The number of rotatable bonds is 13. The molecule has 0 saturated carbocycles. The van der Waals surface area contributed by atoms with Gasteiger partial charge in [0.1, 0.15) is 12.4 Å². The summed E-state index contributed by atoms with van der Waals surface area (Å²) in [4.78, 5) is 56.8. The van der Waals surface area contributed by atoms with E-state index in [2.05, 4.69) is 47.8 Å². The molecular weight excluding hydrogens is 1130 g/mol. The normalized spacial score (nSPS) is 20.6. The number of hydrogen-bond acceptors (Lipinski definition) is 11. The number of esters is 4. The minimum atomic E-state index is -2.09. The van der Waals surface area contributed by atoms with Crippen LogP contribution in [0.15, 0.2) is 153 Å². The van der Waals surface area contributed by atoms with E-state index in [0.29, 0.717) is 37.3 Å². The molecule has 0 N–H and O–H groups in total. The van der Waals surface area contributed by atoms with E-state index in [1.807, 2.05) is 31.2 Å². The number of fused-ring (bicyclic) bond motifs is 2. The standard InChI is InChI=1S/C50H38Br3ClO11.BrH/c1-29-3-7-32(8-4-29)46(56)62-42-43(63-47(57)33-11-18-38(52)19-12-33)49(27-60-45(55)31-9-16-37(51)17-10-31)28-61-50(65-49,44(42)64-48(58)34-13-20-39(53)21-14-34)36-15-24-41(54)35(26-36)25-30-5-22-40(59-2)23-6-30;/h3-24,26,42-44H,25,27-28H2,1-2H3;1H/t42-,43-,44-,49-,50-;/m0./s1. The molecule has 0 aromatic heterocycles. The smallest absolute Gasteiger partial charge is 0.338 e. The number of hydrogen-bond donors (Lipinski definition) is 0. The highest BCUT2D eigenvalue weighted by Crippen LogP contribution is 2.53. The van der Waals surface area contributed by atoms with E-state index in [-0.39, 0.29) is 39.2 Å². The monoisotopic (exact) mass is 1170 g/mol. The number of ether oxygens (including phenoxy) is 7. The number of aryl methyl sites for hydroxylation is 1. The predicted molar refractivity (Wildman–Crippen MR) is 261 cm³/mol. The summed E-state index contributed by atoms with van der Waals surface area (Å²) in [6, 6.07) is 38.6. The van der Waals surface area contributed by atoms with E-state index in [1.54, 1.807) is 122 Å². The Hall–Kier alpha value is -4.87. The summed E-state index contributed by atoms with van der Waals surface area (Å²) in [5.74, 6) is -4.65. The average Bonchev–Trinajstić information content (AvgIpc) is 3.67. The van der Waals surface area contributed by atoms with Crippen LogP contribution >= 0.6 is 76.4 Å². The lowest BCUT2D eigenvalue weighted by Gasteiger charge is -2.49. The highest BCUT2D eigenvalue weighted by atomic mass is 79.9. The minimum Gasteiger partial charge on any atom is -0.497 e. The maximum Gasteiger partial charge on any atom is 0.338 e. The van der Waals surface area contributed by atoms with Gasteiger partial charge in [0.25, 0.3) is 0 Å². The molecule has 66 heavy (non-hydrogen) atoms. The Bertz CT molecular complexity index is 2720. The molecule has 0 radical (unpaired) electrons. The van der Waals surface area contributed by atoms with Crippen LogP contribution in [-0.4, -0.2) is 68.1 Å². The van der Waals surface area contributed by atoms with E-state index >= 15 is 0 Å². The fourth-order valence-corrected chi connectivity index (χ4v) is 8.59. The molecule has 16 heteroatoms. The fraction of sp³-hybridized carbons (Fsp3) is 0.200. The summed E-state index contributed by atoms with van der Waals surface area (Å²) >= 11 is 17.1. The van der Waals surface area contributed by atoms with E-state index in [0.717, 1.165) is 15.6 Å². The first kappa shape index (κ1) is 49.0. The van der Waals surface area contributed by atoms with Gasteiger partial charge < -0.3 is 33.2 Å². The molecule has 6 aromatic rings. The third-order valence-corrected chi connectivity index (χ3v) is 13.0. The Morgan fingerprint density at radius 2 is 1.12 bits per heavy atom. The maximum atomic E-state index is 14.4. The van der Waals surface area contributed by atoms with Gasteiger partial charge in [0.2, 0.25) is 11.9 Å². The van der Waals surface area contributed by atoms with E-state index in [4.69, 9.17) is 44.8 Å². The second-order valence-corrected chi connectivity index (χ2v) is 18.6. The van der Waals surface area contributed by atoms with Crippen molar-refractivity contribution >= 4 is 100 Å². The summed E-state index contributed by atoms with van der Waals surface area (Å²) in [7, 11) is 1.58. The number of benzene rings is 6. The first-order valence-corrected chi connectivity index (χ1v) is 22.9. The van der Waals surface area contributed by atoms with Crippen molar-refractivity contribution in [1.82, 2.24) is 0 Å². The van der Waals surface area contributed by atoms with Crippen molar-refractivity contribution in [2.75, 3.05) is 20.3 Å². The Morgan fingerprint density at radius 1 is 0.636 bits per heavy atom. The van der Waals surface area contributed by atoms with Crippen LogP contribution < -0.4 is 4.74 Å². The molecule has 340 valence electrons. The Balaban J connectivity index is 0.00000648. The lowest BCUT2D eigenvalue weighted by atomic mass is 9.82. The van der Waals surface area contributed by atoms with Gasteiger partial charge in [0, 0.05) is 24.0 Å². The lowest BCUT2D eigenvalue weighted by Crippen LogP contribution is -2.68. The van der Waals surface area contributed by atoms with E-state index in [1.165, 1.54) is 0 Å². The van der Waals surface area contributed by atoms with Crippen molar-refractivity contribution in [3.8, 4) is 5.75 Å². The quantitative estimate of drug-likeness (QED) is 0.0808. The number of carbonyl (C=O) groups is 4. The highest BCUT2D eigenvalue weighted by molar-refractivity contribution is 9.11. The van der Waals surface area contributed by atoms with Crippen molar-refractivity contribution in [1.29, 1.82) is 0 Å². The van der Waals surface area contributed by atoms with Gasteiger partial charge in [-0.2, -0.15) is 0 Å². The molecule has 2 fully saturated rings. The van der Waals surface area contributed by atoms with Gasteiger partial charge >= 0.3 is 23.9 Å². The molecule has 2 bridgehead atoms. The number of methoxy groups -OCH3 is 1. The zero-order chi connectivity index (χ0) is 45.9. The fourth-order valence-electron chi connectivity index (χ4n) is 7.61. The van der Waals surface area contributed by atoms with Gasteiger partial charge in [-0.1, -0.05) is 95.3 Å². The SMILES string of the molecule is Br.COc1ccc(Cc2cc([C@]34OC[C@](COC(=O)c5ccc(Br)cc5)(O3)[C@@H](OC(=O)c3ccc(Br)cc3)[C@H](OC(=O)c3ccc(C)cc3)[C@@H]4OC(=O)c3ccc(Br)cc3)ccc2Cl)cc1. The molecule has 0 unspecified atom stereocenters. The van der Waals surface area contributed by atoms with Crippen LogP contribution in [0.4, 0.5) is 0 Å². The third-order valence-electron chi connectivity index (χ3n) is 11.1. The van der Waals surface area contributed by atoms with Crippen LogP contribution in [-0.2, 0) is 40.6 Å². The molecular formula is C50H39Br4ClO11. The second-order valence-electron chi connectivity index (χ2n) is 15.4. The van der Waals surface area contributed by atoms with Crippen LogP contribution in [0.3, 0.4) is 0 Å². The minimum absolute atomic E-state index is 0. The molecule has 2 aliphatic heterocycles. The van der Waals surface area contributed by atoms with E-state index < -0.39 is 66.8 Å². The molecule has 2 saturated heterocycles. The Labute approximate surface area is 421 Å². The molecule has 6 aromatic carbocycles. The summed E-state index contributed by atoms with van der Waals surface area (Å²) in [5, 5.41) is 0.413. The van der Waals surface area contributed by atoms with Gasteiger partial charge in [-0.3, -0.25) is 0 Å². The van der Waals surface area contributed by atoms with Crippen LogP contribution in [0, 0.1) is 6.92 Å². The van der Waals surface area contributed by atoms with Crippen molar-refractivity contribution in [2.24, 2.45) is 0 Å². The second kappa shape index (κ2) is 21.0. The highest BCUT2D eigenvalue weighted by Gasteiger charge is 2.72. The molecule has 11 nitrogen and oxygen atoms in total. The van der Waals surface area contributed by atoms with E-state index in [9.17, 15) is 19.2 Å². The molecule has 0 amide bonds. The summed E-state index contributed by atoms with van der Waals surface area (Å²) < 4.78 is 46.6. The largest absolute Gasteiger partial charge is 0.497 e. The van der Waals surface area contributed by atoms with Crippen molar-refractivity contribution in [3.63, 3.8) is 0 Å². The van der Waals surface area contributed by atoms with Crippen molar-refractivity contribution < 1.29 is 52.3 Å². The number of halogens is 5. The van der Waals surface area contributed by atoms with Gasteiger partial charge in [0.15, 0.2) is 17.8 Å². The molecule has 0 aliphatic carbocycles. The van der Waals surface area contributed by atoms with Crippen LogP contribution in [0.5, 0.6) is 5.75 Å². The van der Waals surface area contributed by atoms with Crippen LogP contribution in [0.2, 0.25) is 5.02 Å². The first-order chi connectivity index (χ1) is 31.3. The van der Waals surface area contributed by atoms with Gasteiger partial charge in [-0.15, -0.1) is 17.0 Å². The predicted octanol–water partition coefficient (Wildman–Crippen LogP) is 11.6. The Morgan fingerprint density at radius 3 is 1.65 bits per heavy atom. The molecule has 2 aliphatic rings. The summed E-state index contributed by atoms with van der Waals surface area (Å²) in [6.45, 7) is 0.899. The van der Waals surface area contributed by atoms with Gasteiger partial charge in [-0.25, -0.2) is 19.2 Å². The topological polar surface area (TPSA) is 133 Å².